The molecule has 0 spiro atoms. The van der Waals surface area contributed by atoms with Crippen LogP contribution in [0.4, 0.5) is 0 Å². The first-order chi connectivity index (χ1) is 7.24. The molecule has 1 nitrogen and oxygen atoms in total. The largest absolute Gasteiger partial charge is 0.363 e. The van der Waals surface area contributed by atoms with Crippen molar-refractivity contribution in [2.24, 2.45) is 11.8 Å². The van der Waals surface area contributed by atoms with Crippen molar-refractivity contribution < 1.29 is 0 Å². The molecule has 2 rings (SSSR count). The lowest BCUT2D eigenvalue weighted by atomic mass is 9.73. The van der Waals surface area contributed by atoms with Crippen LogP contribution in [-0.2, 0) is 0 Å². The van der Waals surface area contributed by atoms with Gasteiger partial charge in [-0.3, -0.25) is 0 Å². The van der Waals surface area contributed by atoms with E-state index in [1.807, 2.05) is 0 Å². The molecule has 0 aromatic heterocycles. The third-order valence-corrected chi connectivity index (χ3v) is 4.78. The average Bonchev–Trinajstić information content (AvgIpc) is 2.28. The Morgan fingerprint density at radius 2 is 2.00 bits per heavy atom. The number of likely N-dealkylation sites (tertiary alicyclic amines) is 1. The van der Waals surface area contributed by atoms with Crippen molar-refractivity contribution in [2.45, 2.75) is 58.4 Å². The van der Waals surface area contributed by atoms with Crippen LogP contribution >= 0.6 is 12.2 Å². The van der Waals surface area contributed by atoms with Crippen molar-refractivity contribution in [3.63, 3.8) is 0 Å². The first kappa shape index (κ1) is 11.4. The summed E-state index contributed by atoms with van der Waals surface area (Å²) >= 11 is 5.52. The second-order valence-electron chi connectivity index (χ2n) is 5.24. The molecule has 1 heterocycles. The Morgan fingerprint density at radius 1 is 1.27 bits per heavy atom. The Hall–Kier alpha value is -0.110. The third kappa shape index (κ3) is 2.20. The van der Waals surface area contributed by atoms with Gasteiger partial charge in [0, 0.05) is 12.6 Å². The summed E-state index contributed by atoms with van der Waals surface area (Å²) in [5, 5.41) is 0. The van der Waals surface area contributed by atoms with Crippen molar-refractivity contribution >= 4 is 17.2 Å². The van der Waals surface area contributed by atoms with Gasteiger partial charge in [-0.15, -0.1) is 0 Å². The lowest BCUT2D eigenvalue weighted by molar-refractivity contribution is 0.0760. The van der Waals surface area contributed by atoms with E-state index in [1.54, 1.807) is 0 Å². The van der Waals surface area contributed by atoms with Crippen LogP contribution < -0.4 is 0 Å². The number of hydrogen-bond acceptors (Lipinski definition) is 1. The molecule has 2 fully saturated rings. The highest BCUT2D eigenvalue weighted by Crippen LogP contribution is 2.38. The van der Waals surface area contributed by atoms with E-state index in [1.165, 1.54) is 43.6 Å². The average molecular weight is 225 g/mol. The number of nitrogens with zero attached hydrogens (tertiary/aromatic N) is 1. The van der Waals surface area contributed by atoms with Crippen LogP contribution in [0.2, 0.25) is 0 Å². The molecule has 1 saturated carbocycles. The summed E-state index contributed by atoms with van der Waals surface area (Å²) in [6, 6.07) is 0.778. The second-order valence-corrected chi connectivity index (χ2v) is 5.71. The summed E-state index contributed by atoms with van der Waals surface area (Å²) in [5.41, 5.74) is 0. The van der Waals surface area contributed by atoms with Crippen molar-refractivity contribution in [3.05, 3.63) is 0 Å². The van der Waals surface area contributed by atoms with Gasteiger partial charge in [-0.1, -0.05) is 32.5 Å². The molecule has 3 atom stereocenters. The van der Waals surface area contributed by atoms with Gasteiger partial charge in [0.15, 0.2) is 0 Å². The monoisotopic (exact) mass is 225 g/mol. The minimum absolute atomic E-state index is 0.778. The third-order valence-electron chi connectivity index (χ3n) is 4.26. The van der Waals surface area contributed by atoms with Crippen LogP contribution in [-0.4, -0.2) is 22.5 Å². The Morgan fingerprint density at radius 3 is 2.73 bits per heavy atom. The van der Waals surface area contributed by atoms with Crippen LogP contribution in [0, 0.1) is 11.8 Å². The molecule has 15 heavy (non-hydrogen) atoms. The summed E-state index contributed by atoms with van der Waals surface area (Å²) in [6.07, 6.45) is 8.13. The highest BCUT2D eigenvalue weighted by Gasteiger charge is 2.37. The summed E-state index contributed by atoms with van der Waals surface area (Å²) < 4.78 is 0. The fourth-order valence-electron chi connectivity index (χ4n) is 3.55. The molecule has 2 aliphatic rings. The zero-order valence-corrected chi connectivity index (χ0v) is 10.9. The molecular weight excluding hydrogens is 202 g/mol. The van der Waals surface area contributed by atoms with Crippen LogP contribution in [0.1, 0.15) is 52.4 Å². The molecule has 1 aliphatic heterocycles. The molecule has 0 N–H and O–H groups in total. The molecule has 0 aromatic rings. The van der Waals surface area contributed by atoms with E-state index in [0.29, 0.717) is 0 Å². The first-order valence-corrected chi connectivity index (χ1v) is 6.94. The number of hydrogen-bond donors (Lipinski definition) is 0. The number of rotatable bonds is 1. The molecule has 2 heteroatoms. The predicted molar refractivity (Wildman–Crippen MR) is 69.1 cm³/mol. The minimum atomic E-state index is 0.778. The zero-order chi connectivity index (χ0) is 10.8. The van der Waals surface area contributed by atoms with Crippen molar-refractivity contribution in [2.75, 3.05) is 6.54 Å². The van der Waals surface area contributed by atoms with Crippen LogP contribution in [0.25, 0.3) is 0 Å². The molecule has 0 radical (unpaired) electrons. The summed E-state index contributed by atoms with van der Waals surface area (Å²) in [6.45, 7) is 5.84. The standard InChI is InChI=1S/C13H23NS/c1-3-12(15)14-9-5-8-11-7-4-6-10(2)13(11)14/h10-11,13H,3-9H2,1-2H3. The highest BCUT2D eigenvalue weighted by atomic mass is 32.1. The van der Waals surface area contributed by atoms with Gasteiger partial charge in [0.1, 0.15) is 0 Å². The normalized spacial score (nSPS) is 36.1. The predicted octanol–water partition coefficient (Wildman–Crippen LogP) is 3.62. The molecule has 3 unspecified atom stereocenters. The van der Waals surface area contributed by atoms with E-state index in [0.717, 1.165) is 24.3 Å². The lowest BCUT2D eigenvalue weighted by Gasteiger charge is -2.48. The Balaban J connectivity index is 2.12. The smallest absolute Gasteiger partial charge is 0.0779 e. The number of piperidine rings is 1. The van der Waals surface area contributed by atoms with Crippen LogP contribution in [0.15, 0.2) is 0 Å². The van der Waals surface area contributed by atoms with E-state index in [-0.39, 0.29) is 0 Å². The summed E-state index contributed by atoms with van der Waals surface area (Å²) in [5.74, 6) is 1.79. The molecular formula is C13H23NS. The van der Waals surface area contributed by atoms with Gasteiger partial charge >= 0.3 is 0 Å². The number of thiocarbonyl (C=S) groups is 1. The zero-order valence-electron chi connectivity index (χ0n) is 10.0. The maximum Gasteiger partial charge on any atom is 0.0779 e. The fourth-order valence-corrected chi connectivity index (χ4v) is 3.76. The van der Waals surface area contributed by atoms with Gasteiger partial charge in [-0.2, -0.15) is 0 Å². The lowest BCUT2D eigenvalue weighted by Crippen LogP contribution is -2.52. The van der Waals surface area contributed by atoms with E-state index in [2.05, 4.69) is 18.7 Å². The van der Waals surface area contributed by atoms with Gasteiger partial charge in [0.05, 0.1) is 4.99 Å². The molecule has 86 valence electrons. The Labute approximate surface area is 99.2 Å². The maximum atomic E-state index is 5.52. The topological polar surface area (TPSA) is 3.24 Å². The van der Waals surface area contributed by atoms with Gasteiger partial charge in [-0.05, 0) is 43.9 Å². The van der Waals surface area contributed by atoms with Gasteiger partial charge in [0.25, 0.3) is 0 Å². The summed E-state index contributed by atoms with van der Waals surface area (Å²) in [4.78, 5) is 3.77. The van der Waals surface area contributed by atoms with Gasteiger partial charge < -0.3 is 4.90 Å². The van der Waals surface area contributed by atoms with Gasteiger partial charge in [-0.25, -0.2) is 0 Å². The van der Waals surface area contributed by atoms with Gasteiger partial charge in [0.2, 0.25) is 0 Å². The molecule has 0 amide bonds. The SMILES string of the molecule is CCC(=S)N1CCCC2CCCC(C)C21. The molecule has 0 aromatic carbocycles. The first-order valence-electron chi connectivity index (χ1n) is 6.53. The van der Waals surface area contributed by atoms with Crippen LogP contribution in [0.3, 0.4) is 0 Å². The van der Waals surface area contributed by atoms with Crippen molar-refractivity contribution in [3.8, 4) is 0 Å². The highest BCUT2D eigenvalue weighted by molar-refractivity contribution is 7.80. The molecule has 1 saturated heterocycles. The Bertz CT molecular complexity index is 237. The van der Waals surface area contributed by atoms with Crippen molar-refractivity contribution in [1.29, 1.82) is 0 Å². The van der Waals surface area contributed by atoms with E-state index < -0.39 is 0 Å². The minimum Gasteiger partial charge on any atom is -0.363 e. The summed E-state index contributed by atoms with van der Waals surface area (Å²) in [7, 11) is 0. The van der Waals surface area contributed by atoms with Crippen LogP contribution in [0.5, 0.6) is 0 Å². The second kappa shape index (κ2) is 4.82. The quantitative estimate of drug-likeness (QED) is 0.627. The maximum absolute atomic E-state index is 5.52. The van der Waals surface area contributed by atoms with Crippen molar-refractivity contribution in [1.82, 2.24) is 4.90 Å². The molecule has 1 aliphatic carbocycles. The number of fused-ring (bicyclic) bond motifs is 1. The van der Waals surface area contributed by atoms with E-state index in [9.17, 15) is 0 Å². The fraction of sp³-hybridized carbons (Fsp3) is 0.923. The van der Waals surface area contributed by atoms with E-state index in [4.69, 9.17) is 12.2 Å². The van der Waals surface area contributed by atoms with E-state index >= 15 is 0 Å². The molecule has 0 bridgehead atoms. The Kier molecular flexibility index (Phi) is 3.65.